The second kappa shape index (κ2) is 4.39. The van der Waals surface area contributed by atoms with Gasteiger partial charge in [-0.25, -0.2) is 0 Å². The molecule has 0 N–H and O–H groups in total. The second-order valence-corrected chi connectivity index (χ2v) is 4.65. The molecule has 1 aliphatic carbocycles. The van der Waals surface area contributed by atoms with Crippen molar-refractivity contribution in [1.29, 1.82) is 0 Å². The Hall–Kier alpha value is 0.350. The van der Waals surface area contributed by atoms with E-state index in [1.807, 2.05) is 0 Å². The fraction of sp³-hybridized carbons (Fsp3) is 1.00. The second-order valence-electron chi connectivity index (χ2n) is 4.20. The molecule has 1 rings (SSSR count). The zero-order valence-electron chi connectivity index (χ0n) is 7.60. The first-order valence-corrected chi connectivity index (χ1v) is 5.51. The minimum absolute atomic E-state index is 0.711. The van der Waals surface area contributed by atoms with Crippen molar-refractivity contribution in [2.45, 2.75) is 51.9 Å². The molecule has 11 heavy (non-hydrogen) atoms. The van der Waals surface area contributed by atoms with Gasteiger partial charge in [-0.05, 0) is 36.9 Å². The fourth-order valence-electron chi connectivity index (χ4n) is 2.14. The third kappa shape index (κ3) is 3.06. The van der Waals surface area contributed by atoms with Crippen molar-refractivity contribution in [3.8, 4) is 0 Å². The van der Waals surface area contributed by atoms with Gasteiger partial charge in [-0.2, -0.15) is 12.6 Å². The Morgan fingerprint density at radius 2 is 1.82 bits per heavy atom. The Morgan fingerprint density at radius 3 is 2.36 bits per heavy atom. The van der Waals surface area contributed by atoms with Gasteiger partial charge < -0.3 is 0 Å². The summed E-state index contributed by atoms with van der Waals surface area (Å²) in [5.74, 6) is 1.07. The van der Waals surface area contributed by atoms with Gasteiger partial charge in [0.25, 0.3) is 0 Å². The molecular formula is C10H20S. The Kier molecular flexibility index (Phi) is 3.77. The lowest BCUT2D eigenvalue weighted by Crippen LogP contribution is -2.10. The predicted molar refractivity (Wildman–Crippen MR) is 54.3 cm³/mol. The standard InChI is InChI=1S/C10H20S/c1-10(6-2-3-7-10)8-4-5-9-11/h11H,2-9H2,1H3. The Labute approximate surface area is 76.2 Å². The van der Waals surface area contributed by atoms with E-state index in [9.17, 15) is 0 Å². The quantitative estimate of drug-likeness (QED) is 0.485. The fourth-order valence-corrected chi connectivity index (χ4v) is 2.37. The summed E-state index contributed by atoms with van der Waals surface area (Å²) in [5, 5.41) is 0. The Bertz CT molecular complexity index is 103. The molecule has 0 aromatic carbocycles. The summed E-state index contributed by atoms with van der Waals surface area (Å²) in [7, 11) is 0. The van der Waals surface area contributed by atoms with E-state index in [4.69, 9.17) is 0 Å². The smallest absolute Gasteiger partial charge is 0.00979 e. The minimum atomic E-state index is 0.711. The van der Waals surface area contributed by atoms with Crippen molar-refractivity contribution in [3.63, 3.8) is 0 Å². The highest BCUT2D eigenvalue weighted by atomic mass is 32.1. The zero-order valence-corrected chi connectivity index (χ0v) is 8.50. The van der Waals surface area contributed by atoms with Crippen molar-refractivity contribution in [2.75, 3.05) is 5.75 Å². The SMILES string of the molecule is CC1(CCCCS)CCCC1. The minimum Gasteiger partial charge on any atom is -0.179 e. The predicted octanol–water partition coefficient (Wildman–Crippen LogP) is 3.67. The topological polar surface area (TPSA) is 0 Å². The zero-order chi connectivity index (χ0) is 8.16. The molecule has 0 aromatic heterocycles. The maximum atomic E-state index is 4.22. The molecule has 0 saturated heterocycles. The third-order valence-electron chi connectivity index (χ3n) is 3.00. The number of unbranched alkanes of at least 4 members (excludes halogenated alkanes) is 1. The van der Waals surface area contributed by atoms with Gasteiger partial charge in [0.15, 0.2) is 0 Å². The van der Waals surface area contributed by atoms with Crippen molar-refractivity contribution < 1.29 is 0 Å². The van der Waals surface area contributed by atoms with Crippen LogP contribution in [0.1, 0.15) is 51.9 Å². The molecule has 0 aliphatic heterocycles. The molecule has 1 saturated carbocycles. The van der Waals surface area contributed by atoms with Gasteiger partial charge in [-0.15, -0.1) is 0 Å². The van der Waals surface area contributed by atoms with Crippen molar-refractivity contribution in [1.82, 2.24) is 0 Å². The van der Waals surface area contributed by atoms with Crippen LogP contribution in [0.3, 0.4) is 0 Å². The van der Waals surface area contributed by atoms with Crippen LogP contribution in [0.25, 0.3) is 0 Å². The van der Waals surface area contributed by atoms with Crippen molar-refractivity contribution in [3.05, 3.63) is 0 Å². The Morgan fingerprint density at radius 1 is 1.18 bits per heavy atom. The van der Waals surface area contributed by atoms with Crippen LogP contribution in [0.2, 0.25) is 0 Å². The van der Waals surface area contributed by atoms with Crippen LogP contribution < -0.4 is 0 Å². The van der Waals surface area contributed by atoms with E-state index in [-0.39, 0.29) is 0 Å². The molecular weight excluding hydrogens is 152 g/mol. The normalized spacial score (nSPS) is 22.4. The summed E-state index contributed by atoms with van der Waals surface area (Å²) in [6, 6.07) is 0. The van der Waals surface area contributed by atoms with Crippen LogP contribution >= 0.6 is 12.6 Å². The lowest BCUT2D eigenvalue weighted by atomic mass is 9.83. The van der Waals surface area contributed by atoms with Crippen LogP contribution in [0, 0.1) is 5.41 Å². The van der Waals surface area contributed by atoms with Crippen LogP contribution in [0.4, 0.5) is 0 Å². The average Bonchev–Trinajstić information content (AvgIpc) is 2.38. The molecule has 0 aromatic rings. The van der Waals surface area contributed by atoms with Gasteiger partial charge in [0.05, 0.1) is 0 Å². The average molecular weight is 172 g/mol. The molecule has 0 heterocycles. The van der Waals surface area contributed by atoms with E-state index in [0.717, 1.165) is 5.75 Å². The molecule has 66 valence electrons. The third-order valence-corrected chi connectivity index (χ3v) is 3.32. The van der Waals surface area contributed by atoms with E-state index >= 15 is 0 Å². The largest absolute Gasteiger partial charge is 0.179 e. The van der Waals surface area contributed by atoms with E-state index in [1.165, 1.54) is 44.9 Å². The number of rotatable bonds is 4. The van der Waals surface area contributed by atoms with Crippen LogP contribution in [-0.2, 0) is 0 Å². The van der Waals surface area contributed by atoms with Gasteiger partial charge in [0.2, 0.25) is 0 Å². The number of hydrogen-bond acceptors (Lipinski definition) is 1. The monoisotopic (exact) mass is 172 g/mol. The van der Waals surface area contributed by atoms with E-state index in [2.05, 4.69) is 19.6 Å². The molecule has 0 bridgehead atoms. The molecule has 0 radical (unpaired) electrons. The summed E-state index contributed by atoms with van der Waals surface area (Å²) in [6.07, 6.45) is 10.0. The van der Waals surface area contributed by atoms with Gasteiger partial charge in [-0.3, -0.25) is 0 Å². The molecule has 0 amide bonds. The highest BCUT2D eigenvalue weighted by Crippen LogP contribution is 2.41. The first kappa shape index (κ1) is 9.44. The maximum Gasteiger partial charge on any atom is -0.00979 e. The van der Waals surface area contributed by atoms with E-state index < -0.39 is 0 Å². The first-order valence-electron chi connectivity index (χ1n) is 4.88. The molecule has 0 unspecified atom stereocenters. The summed E-state index contributed by atoms with van der Waals surface area (Å²) in [4.78, 5) is 0. The summed E-state index contributed by atoms with van der Waals surface area (Å²) < 4.78 is 0. The highest BCUT2D eigenvalue weighted by molar-refractivity contribution is 7.80. The first-order chi connectivity index (χ1) is 5.27. The lowest BCUT2D eigenvalue weighted by molar-refractivity contribution is 0.299. The molecule has 1 aliphatic rings. The number of thiol groups is 1. The Balaban J connectivity index is 2.13. The summed E-state index contributed by atoms with van der Waals surface area (Å²) in [5.41, 5.74) is 0.711. The maximum absolute atomic E-state index is 4.22. The highest BCUT2D eigenvalue weighted by Gasteiger charge is 2.27. The molecule has 0 nitrogen and oxygen atoms in total. The molecule has 1 fully saturated rings. The van der Waals surface area contributed by atoms with Crippen molar-refractivity contribution in [2.24, 2.45) is 5.41 Å². The molecule has 0 spiro atoms. The van der Waals surface area contributed by atoms with Gasteiger partial charge in [0, 0.05) is 0 Å². The summed E-state index contributed by atoms with van der Waals surface area (Å²) >= 11 is 4.22. The lowest BCUT2D eigenvalue weighted by Gasteiger charge is -2.22. The summed E-state index contributed by atoms with van der Waals surface area (Å²) in [6.45, 7) is 2.46. The number of hydrogen-bond donors (Lipinski definition) is 1. The van der Waals surface area contributed by atoms with Crippen LogP contribution in [0.5, 0.6) is 0 Å². The van der Waals surface area contributed by atoms with E-state index in [0.29, 0.717) is 5.41 Å². The van der Waals surface area contributed by atoms with Crippen LogP contribution in [0.15, 0.2) is 0 Å². The van der Waals surface area contributed by atoms with Crippen molar-refractivity contribution >= 4 is 12.6 Å². The van der Waals surface area contributed by atoms with Crippen LogP contribution in [-0.4, -0.2) is 5.75 Å². The molecule has 0 atom stereocenters. The van der Waals surface area contributed by atoms with Gasteiger partial charge in [0.1, 0.15) is 0 Å². The van der Waals surface area contributed by atoms with Gasteiger partial charge in [-0.1, -0.05) is 26.2 Å². The molecule has 1 heteroatoms. The van der Waals surface area contributed by atoms with Gasteiger partial charge >= 0.3 is 0 Å². The van der Waals surface area contributed by atoms with E-state index in [1.54, 1.807) is 0 Å².